The molecule has 0 radical (unpaired) electrons. The highest BCUT2D eigenvalue weighted by Gasteiger charge is 2.22. The minimum Gasteiger partial charge on any atom is -0.493 e. The Hall–Kier alpha value is -0.440. The summed E-state index contributed by atoms with van der Waals surface area (Å²) in [5, 5.41) is 0.798. The van der Waals surface area contributed by atoms with Gasteiger partial charge in [0, 0.05) is 11.1 Å². The van der Waals surface area contributed by atoms with Gasteiger partial charge in [0.1, 0.15) is 5.75 Å². The van der Waals surface area contributed by atoms with Crippen LogP contribution in [-0.2, 0) is 6.42 Å². The summed E-state index contributed by atoms with van der Waals surface area (Å²) in [6.45, 7) is 4.94. The minimum absolute atomic E-state index is 0. The van der Waals surface area contributed by atoms with E-state index in [0.29, 0.717) is 0 Å². The lowest BCUT2D eigenvalue weighted by Gasteiger charge is -2.16. The molecular formula is C15H23Cl2NO. The Morgan fingerprint density at radius 2 is 2.11 bits per heavy atom. The maximum atomic E-state index is 6.19. The first-order valence-corrected chi connectivity index (χ1v) is 7.15. The van der Waals surface area contributed by atoms with E-state index >= 15 is 0 Å². The molecule has 0 aromatic heterocycles. The van der Waals surface area contributed by atoms with E-state index in [1.807, 2.05) is 19.1 Å². The molecule has 0 spiro atoms. The van der Waals surface area contributed by atoms with Crippen molar-refractivity contribution in [2.24, 2.45) is 11.7 Å². The molecule has 4 heteroatoms. The van der Waals surface area contributed by atoms with Crippen LogP contribution in [0.4, 0.5) is 0 Å². The van der Waals surface area contributed by atoms with Gasteiger partial charge in [-0.3, -0.25) is 0 Å². The second kappa shape index (κ2) is 7.37. The SMILES string of the molecule is CCC(N)Cc1cc(Cl)c(C)cc1OCC1CC1.Cl. The second-order valence-corrected chi connectivity index (χ2v) is 5.74. The van der Waals surface area contributed by atoms with Gasteiger partial charge < -0.3 is 10.5 Å². The number of rotatable bonds is 6. The summed E-state index contributed by atoms with van der Waals surface area (Å²) in [5.74, 6) is 1.72. The second-order valence-electron chi connectivity index (χ2n) is 5.34. The smallest absolute Gasteiger partial charge is 0.122 e. The van der Waals surface area contributed by atoms with Crippen LogP contribution < -0.4 is 10.5 Å². The van der Waals surface area contributed by atoms with Crippen molar-refractivity contribution in [2.45, 2.75) is 45.6 Å². The van der Waals surface area contributed by atoms with Crippen LogP contribution in [0.5, 0.6) is 5.75 Å². The first kappa shape index (κ1) is 16.6. The first-order chi connectivity index (χ1) is 8.60. The zero-order chi connectivity index (χ0) is 13.1. The van der Waals surface area contributed by atoms with E-state index in [-0.39, 0.29) is 18.4 Å². The summed E-state index contributed by atoms with van der Waals surface area (Å²) < 4.78 is 5.93. The predicted octanol–water partition coefficient (Wildman–Crippen LogP) is 4.14. The highest BCUT2D eigenvalue weighted by molar-refractivity contribution is 6.31. The molecule has 1 unspecified atom stereocenters. The molecule has 19 heavy (non-hydrogen) atoms. The van der Waals surface area contributed by atoms with Crippen molar-refractivity contribution in [2.75, 3.05) is 6.61 Å². The molecule has 1 aliphatic carbocycles. The number of hydrogen-bond donors (Lipinski definition) is 1. The van der Waals surface area contributed by atoms with Crippen molar-refractivity contribution in [3.8, 4) is 5.75 Å². The average Bonchev–Trinajstić information content (AvgIpc) is 3.15. The molecule has 1 aromatic rings. The molecule has 1 aliphatic rings. The van der Waals surface area contributed by atoms with Crippen molar-refractivity contribution in [1.29, 1.82) is 0 Å². The number of benzene rings is 1. The Bertz CT molecular complexity index is 419. The molecule has 0 aliphatic heterocycles. The summed E-state index contributed by atoms with van der Waals surface area (Å²) >= 11 is 6.19. The Morgan fingerprint density at radius 3 is 2.68 bits per heavy atom. The number of nitrogens with two attached hydrogens (primary N) is 1. The maximum Gasteiger partial charge on any atom is 0.122 e. The highest BCUT2D eigenvalue weighted by atomic mass is 35.5. The number of aryl methyl sites for hydroxylation is 1. The van der Waals surface area contributed by atoms with Crippen LogP contribution in [-0.4, -0.2) is 12.6 Å². The lowest BCUT2D eigenvalue weighted by Crippen LogP contribution is -2.22. The molecule has 0 bridgehead atoms. The van der Waals surface area contributed by atoms with Crippen LogP contribution in [0.15, 0.2) is 12.1 Å². The third-order valence-corrected chi connectivity index (χ3v) is 3.93. The average molecular weight is 304 g/mol. The van der Waals surface area contributed by atoms with Gasteiger partial charge in [-0.05, 0) is 61.8 Å². The molecule has 1 saturated carbocycles. The summed E-state index contributed by atoms with van der Waals surface area (Å²) in [4.78, 5) is 0. The predicted molar refractivity (Wildman–Crippen MR) is 83.6 cm³/mol. The van der Waals surface area contributed by atoms with E-state index in [9.17, 15) is 0 Å². The third kappa shape index (κ3) is 4.87. The molecule has 0 amide bonds. The van der Waals surface area contributed by atoms with Crippen molar-refractivity contribution >= 4 is 24.0 Å². The summed E-state index contributed by atoms with van der Waals surface area (Å²) in [6.07, 6.45) is 4.40. The van der Waals surface area contributed by atoms with E-state index < -0.39 is 0 Å². The van der Waals surface area contributed by atoms with Gasteiger partial charge in [-0.25, -0.2) is 0 Å². The van der Waals surface area contributed by atoms with Crippen LogP contribution in [0.25, 0.3) is 0 Å². The zero-order valence-electron chi connectivity index (χ0n) is 11.6. The monoisotopic (exact) mass is 303 g/mol. The Morgan fingerprint density at radius 1 is 1.42 bits per heavy atom. The molecule has 2 nitrogen and oxygen atoms in total. The molecule has 2 N–H and O–H groups in total. The Kier molecular flexibility index (Phi) is 6.45. The van der Waals surface area contributed by atoms with Crippen LogP contribution >= 0.6 is 24.0 Å². The van der Waals surface area contributed by atoms with Gasteiger partial charge in [0.25, 0.3) is 0 Å². The summed E-state index contributed by atoms with van der Waals surface area (Å²) in [7, 11) is 0. The van der Waals surface area contributed by atoms with Gasteiger partial charge in [0.15, 0.2) is 0 Å². The first-order valence-electron chi connectivity index (χ1n) is 6.77. The zero-order valence-corrected chi connectivity index (χ0v) is 13.2. The molecule has 2 rings (SSSR count). The maximum absolute atomic E-state index is 6.19. The third-order valence-electron chi connectivity index (χ3n) is 3.52. The molecule has 108 valence electrons. The van der Waals surface area contributed by atoms with E-state index in [4.69, 9.17) is 22.1 Å². The van der Waals surface area contributed by atoms with Crippen LogP contribution in [0, 0.1) is 12.8 Å². The number of hydrogen-bond acceptors (Lipinski definition) is 2. The Balaban J connectivity index is 0.00000180. The van der Waals surface area contributed by atoms with Crippen molar-refractivity contribution in [1.82, 2.24) is 0 Å². The van der Waals surface area contributed by atoms with Gasteiger partial charge >= 0.3 is 0 Å². The fraction of sp³-hybridized carbons (Fsp3) is 0.600. The van der Waals surface area contributed by atoms with Gasteiger partial charge in [0.2, 0.25) is 0 Å². The van der Waals surface area contributed by atoms with Gasteiger partial charge in [-0.15, -0.1) is 12.4 Å². The fourth-order valence-electron chi connectivity index (χ4n) is 1.91. The summed E-state index contributed by atoms with van der Waals surface area (Å²) in [6, 6.07) is 4.23. The number of ether oxygens (including phenoxy) is 1. The van der Waals surface area contributed by atoms with Crippen molar-refractivity contribution in [3.05, 3.63) is 28.3 Å². The van der Waals surface area contributed by atoms with E-state index in [0.717, 1.165) is 47.3 Å². The fourth-order valence-corrected chi connectivity index (χ4v) is 2.10. The number of halogens is 2. The van der Waals surface area contributed by atoms with Crippen LogP contribution in [0.1, 0.15) is 37.3 Å². The lowest BCUT2D eigenvalue weighted by molar-refractivity contribution is 0.296. The Labute approximate surface area is 127 Å². The molecule has 1 atom stereocenters. The van der Waals surface area contributed by atoms with E-state index in [2.05, 4.69) is 6.92 Å². The normalized spacial score (nSPS) is 15.8. The van der Waals surface area contributed by atoms with Gasteiger partial charge in [-0.2, -0.15) is 0 Å². The quantitative estimate of drug-likeness (QED) is 0.857. The molecule has 1 fully saturated rings. The molecule has 0 heterocycles. The molecular weight excluding hydrogens is 281 g/mol. The topological polar surface area (TPSA) is 35.2 Å². The van der Waals surface area contributed by atoms with E-state index in [1.165, 1.54) is 12.8 Å². The summed E-state index contributed by atoms with van der Waals surface area (Å²) in [5.41, 5.74) is 8.24. The molecule has 0 saturated heterocycles. The highest BCUT2D eigenvalue weighted by Crippen LogP contribution is 2.32. The van der Waals surface area contributed by atoms with Crippen molar-refractivity contribution < 1.29 is 4.74 Å². The van der Waals surface area contributed by atoms with Crippen LogP contribution in [0.2, 0.25) is 5.02 Å². The van der Waals surface area contributed by atoms with Gasteiger partial charge in [0.05, 0.1) is 6.61 Å². The standard InChI is InChI=1S/C15H22ClNO.ClH/c1-3-13(17)7-12-8-14(16)10(2)6-15(12)18-9-11-4-5-11;/h6,8,11,13H,3-5,7,9,17H2,1-2H3;1H. The van der Waals surface area contributed by atoms with Crippen LogP contribution in [0.3, 0.4) is 0 Å². The lowest BCUT2D eigenvalue weighted by atomic mass is 10.0. The van der Waals surface area contributed by atoms with Gasteiger partial charge in [-0.1, -0.05) is 18.5 Å². The minimum atomic E-state index is 0. The molecule has 1 aromatic carbocycles. The largest absolute Gasteiger partial charge is 0.493 e. The van der Waals surface area contributed by atoms with E-state index in [1.54, 1.807) is 0 Å². The van der Waals surface area contributed by atoms with Crippen molar-refractivity contribution in [3.63, 3.8) is 0 Å².